The molecule has 2 N–H and O–H groups in total. The van der Waals surface area contributed by atoms with E-state index in [1.165, 1.54) is 5.56 Å². The third kappa shape index (κ3) is 6.27. The van der Waals surface area contributed by atoms with Crippen LogP contribution in [0.15, 0.2) is 29.3 Å². The molecule has 1 atom stereocenters. The molecule has 0 saturated carbocycles. The summed E-state index contributed by atoms with van der Waals surface area (Å²) in [4.78, 5) is 6.67. The molecule has 1 aliphatic rings. The maximum atomic E-state index is 5.96. The van der Waals surface area contributed by atoms with Crippen LogP contribution in [0, 0.1) is 0 Å². The van der Waals surface area contributed by atoms with Crippen molar-refractivity contribution in [2.75, 3.05) is 40.9 Å². The van der Waals surface area contributed by atoms with Gasteiger partial charge in [0, 0.05) is 37.4 Å². The molecule has 1 unspecified atom stereocenters. The van der Waals surface area contributed by atoms with Crippen LogP contribution in [0.2, 0.25) is 5.02 Å². The first-order valence-electron chi connectivity index (χ1n) is 8.45. The maximum Gasteiger partial charge on any atom is 0.191 e. The van der Waals surface area contributed by atoms with Crippen LogP contribution in [0.25, 0.3) is 0 Å². The molecule has 0 aromatic heterocycles. The van der Waals surface area contributed by atoms with Crippen LogP contribution in [-0.2, 0) is 4.74 Å². The summed E-state index contributed by atoms with van der Waals surface area (Å²) in [6, 6.07) is 8.04. The second kappa shape index (κ2) is 10.5. The van der Waals surface area contributed by atoms with Crippen molar-refractivity contribution >= 4 is 41.5 Å². The summed E-state index contributed by atoms with van der Waals surface area (Å²) in [5.74, 6) is 0.810. The lowest BCUT2D eigenvalue weighted by Gasteiger charge is -2.43. The highest BCUT2D eigenvalue weighted by Gasteiger charge is 2.34. The van der Waals surface area contributed by atoms with Crippen LogP contribution < -0.4 is 10.6 Å². The van der Waals surface area contributed by atoms with Crippen LogP contribution in [0.5, 0.6) is 0 Å². The summed E-state index contributed by atoms with van der Waals surface area (Å²) in [5.41, 5.74) is 1.29. The number of hydrogen-bond donors (Lipinski definition) is 2. The van der Waals surface area contributed by atoms with Crippen LogP contribution in [0.3, 0.4) is 0 Å². The quantitative estimate of drug-likeness (QED) is 0.386. The van der Waals surface area contributed by atoms with E-state index in [0.29, 0.717) is 0 Å². The zero-order chi connectivity index (χ0) is 17.6. The molecule has 1 saturated heterocycles. The number of nitrogens with zero attached hydrogens (tertiary/aromatic N) is 2. The Morgan fingerprint density at radius 2 is 1.88 bits per heavy atom. The minimum Gasteiger partial charge on any atom is -0.381 e. The van der Waals surface area contributed by atoms with Crippen molar-refractivity contribution in [3.63, 3.8) is 0 Å². The number of hydrogen-bond acceptors (Lipinski definition) is 3. The van der Waals surface area contributed by atoms with E-state index in [1.54, 1.807) is 7.05 Å². The Bertz CT molecular complexity index is 545. The monoisotopic (exact) mass is 480 g/mol. The van der Waals surface area contributed by atoms with Crippen molar-refractivity contribution in [2.45, 2.75) is 31.3 Å². The number of aliphatic imine (C=N–C) groups is 1. The Morgan fingerprint density at radius 3 is 2.40 bits per heavy atom. The van der Waals surface area contributed by atoms with Gasteiger partial charge in [-0.05, 0) is 51.6 Å². The normalized spacial score (nSPS) is 18.4. The fraction of sp³-hybridized carbons (Fsp3) is 0.611. The fourth-order valence-electron chi connectivity index (χ4n) is 3.02. The Morgan fingerprint density at radius 1 is 1.28 bits per heavy atom. The predicted octanol–water partition coefficient (Wildman–Crippen LogP) is 3.29. The fourth-order valence-corrected chi connectivity index (χ4v) is 3.14. The van der Waals surface area contributed by atoms with E-state index in [2.05, 4.69) is 41.5 Å². The molecule has 1 heterocycles. The molecule has 1 aliphatic heterocycles. The standard InChI is InChI=1S/C18H29ClN4O.HI/c1-14(15-5-7-16(19)8-6-15)22-17(20-2)21-13-18(23(3)4)9-11-24-12-10-18;/h5-8,14H,9-13H2,1-4H3,(H2,20,21,22);1H. The van der Waals surface area contributed by atoms with Crippen molar-refractivity contribution in [3.8, 4) is 0 Å². The molecule has 0 spiro atoms. The third-order valence-corrected chi connectivity index (χ3v) is 5.16. The van der Waals surface area contributed by atoms with Gasteiger partial charge in [0.05, 0.1) is 6.04 Å². The van der Waals surface area contributed by atoms with Gasteiger partial charge in [0.15, 0.2) is 5.96 Å². The van der Waals surface area contributed by atoms with Crippen molar-refractivity contribution in [1.29, 1.82) is 0 Å². The van der Waals surface area contributed by atoms with E-state index >= 15 is 0 Å². The summed E-state index contributed by atoms with van der Waals surface area (Å²) in [6.07, 6.45) is 2.05. The second-order valence-electron chi connectivity index (χ2n) is 6.57. The highest BCUT2D eigenvalue weighted by molar-refractivity contribution is 14.0. The number of halogens is 2. The zero-order valence-electron chi connectivity index (χ0n) is 15.5. The SMILES string of the molecule is CN=C(NCC1(N(C)C)CCOCC1)NC(C)c1ccc(Cl)cc1.I. The molecule has 0 radical (unpaired) electrons. The third-order valence-electron chi connectivity index (χ3n) is 4.90. The molecule has 25 heavy (non-hydrogen) atoms. The smallest absolute Gasteiger partial charge is 0.191 e. The average molecular weight is 481 g/mol. The predicted molar refractivity (Wildman–Crippen MR) is 116 cm³/mol. The number of likely N-dealkylation sites (N-methyl/N-ethyl adjacent to an activating group) is 1. The zero-order valence-corrected chi connectivity index (χ0v) is 18.6. The first kappa shape index (κ1) is 22.5. The largest absolute Gasteiger partial charge is 0.381 e. The van der Waals surface area contributed by atoms with Gasteiger partial charge >= 0.3 is 0 Å². The van der Waals surface area contributed by atoms with Crippen LogP contribution in [-0.4, -0.2) is 57.3 Å². The topological polar surface area (TPSA) is 48.9 Å². The van der Waals surface area contributed by atoms with Gasteiger partial charge in [0.25, 0.3) is 0 Å². The van der Waals surface area contributed by atoms with Crippen LogP contribution in [0.1, 0.15) is 31.4 Å². The van der Waals surface area contributed by atoms with Gasteiger partial charge in [0.2, 0.25) is 0 Å². The molecule has 1 fully saturated rings. The van der Waals surface area contributed by atoms with Crippen LogP contribution >= 0.6 is 35.6 Å². The average Bonchev–Trinajstić information content (AvgIpc) is 2.59. The Labute approximate surface area is 173 Å². The minimum atomic E-state index is 0. The summed E-state index contributed by atoms with van der Waals surface area (Å²) < 4.78 is 5.53. The maximum absolute atomic E-state index is 5.96. The second-order valence-corrected chi connectivity index (χ2v) is 7.01. The Balaban J connectivity index is 0.00000312. The molecular weight excluding hydrogens is 451 g/mol. The molecule has 0 bridgehead atoms. The lowest BCUT2D eigenvalue weighted by Crippen LogP contribution is -2.57. The van der Waals surface area contributed by atoms with Crippen molar-refractivity contribution in [1.82, 2.24) is 15.5 Å². The molecular formula is C18H30ClIN4O. The Kier molecular flexibility index (Phi) is 9.48. The summed E-state index contributed by atoms with van der Waals surface area (Å²) in [6.45, 7) is 4.59. The van der Waals surface area contributed by atoms with Gasteiger partial charge in [-0.3, -0.25) is 4.99 Å². The first-order chi connectivity index (χ1) is 11.5. The summed E-state index contributed by atoms with van der Waals surface area (Å²) >= 11 is 5.96. The van der Waals surface area contributed by atoms with Crippen LogP contribution in [0.4, 0.5) is 0 Å². The minimum absolute atomic E-state index is 0. The molecule has 0 aliphatic carbocycles. The van der Waals surface area contributed by atoms with E-state index in [1.807, 2.05) is 24.3 Å². The Hall–Kier alpha value is -0.570. The molecule has 1 aromatic carbocycles. The molecule has 7 heteroatoms. The number of rotatable bonds is 5. The lowest BCUT2D eigenvalue weighted by atomic mass is 9.88. The number of nitrogens with one attached hydrogen (secondary N) is 2. The molecule has 142 valence electrons. The molecule has 5 nitrogen and oxygen atoms in total. The lowest BCUT2D eigenvalue weighted by molar-refractivity contribution is -0.00502. The van der Waals surface area contributed by atoms with Gasteiger partial charge in [-0.15, -0.1) is 24.0 Å². The number of guanidine groups is 1. The highest BCUT2D eigenvalue weighted by atomic mass is 127. The summed E-state index contributed by atoms with van der Waals surface area (Å²) in [7, 11) is 6.08. The van der Waals surface area contributed by atoms with Gasteiger partial charge in [-0.2, -0.15) is 0 Å². The van der Waals surface area contributed by atoms with Gasteiger partial charge < -0.3 is 20.3 Å². The van der Waals surface area contributed by atoms with Crippen molar-refractivity contribution in [3.05, 3.63) is 34.9 Å². The molecule has 0 amide bonds. The van der Waals surface area contributed by atoms with E-state index in [-0.39, 0.29) is 35.6 Å². The van der Waals surface area contributed by atoms with Crippen molar-refractivity contribution < 1.29 is 4.74 Å². The van der Waals surface area contributed by atoms with Gasteiger partial charge in [-0.1, -0.05) is 23.7 Å². The van der Waals surface area contributed by atoms with E-state index in [0.717, 1.165) is 43.6 Å². The van der Waals surface area contributed by atoms with E-state index < -0.39 is 0 Å². The number of benzene rings is 1. The summed E-state index contributed by atoms with van der Waals surface area (Å²) in [5, 5.41) is 7.68. The highest BCUT2D eigenvalue weighted by Crippen LogP contribution is 2.25. The van der Waals surface area contributed by atoms with E-state index in [4.69, 9.17) is 16.3 Å². The van der Waals surface area contributed by atoms with Crippen molar-refractivity contribution in [2.24, 2.45) is 4.99 Å². The van der Waals surface area contributed by atoms with E-state index in [9.17, 15) is 0 Å². The molecule has 1 aromatic rings. The van der Waals surface area contributed by atoms with Gasteiger partial charge in [0.1, 0.15) is 0 Å². The van der Waals surface area contributed by atoms with Gasteiger partial charge in [-0.25, -0.2) is 0 Å². The number of ether oxygens (including phenoxy) is 1. The molecule has 2 rings (SSSR count). The first-order valence-corrected chi connectivity index (χ1v) is 8.82.